The SMILES string of the molecule is COC(=O)c1cc(Br)cc(Br)c1NC(=O)C1CNC(=O)C1. The number of ether oxygens (including phenoxy) is 1. The topological polar surface area (TPSA) is 84.5 Å². The summed E-state index contributed by atoms with van der Waals surface area (Å²) in [6.45, 7) is 0.298. The van der Waals surface area contributed by atoms with Gasteiger partial charge in [0.15, 0.2) is 0 Å². The van der Waals surface area contributed by atoms with Gasteiger partial charge in [-0.1, -0.05) is 15.9 Å². The lowest BCUT2D eigenvalue weighted by Gasteiger charge is -2.14. The first-order valence-corrected chi connectivity index (χ1v) is 7.66. The van der Waals surface area contributed by atoms with E-state index in [9.17, 15) is 14.4 Å². The summed E-state index contributed by atoms with van der Waals surface area (Å²) in [6.07, 6.45) is 0.146. The Morgan fingerprint density at radius 1 is 1.38 bits per heavy atom. The van der Waals surface area contributed by atoms with Crippen molar-refractivity contribution in [3.05, 3.63) is 26.6 Å². The average molecular weight is 420 g/mol. The van der Waals surface area contributed by atoms with Crippen molar-refractivity contribution in [2.75, 3.05) is 19.0 Å². The summed E-state index contributed by atoms with van der Waals surface area (Å²) in [5.74, 6) is -1.48. The van der Waals surface area contributed by atoms with Crippen molar-refractivity contribution in [1.82, 2.24) is 5.32 Å². The number of amides is 2. The molecule has 2 rings (SSSR count). The zero-order chi connectivity index (χ0) is 15.6. The zero-order valence-electron chi connectivity index (χ0n) is 11.0. The minimum Gasteiger partial charge on any atom is -0.465 e. The molecule has 1 atom stereocenters. The van der Waals surface area contributed by atoms with Crippen LogP contribution in [0.1, 0.15) is 16.8 Å². The number of benzene rings is 1. The van der Waals surface area contributed by atoms with Crippen LogP contribution in [0.2, 0.25) is 0 Å². The van der Waals surface area contributed by atoms with E-state index in [0.717, 1.165) is 0 Å². The quantitative estimate of drug-likeness (QED) is 0.734. The van der Waals surface area contributed by atoms with Gasteiger partial charge in [0, 0.05) is 21.9 Å². The highest BCUT2D eigenvalue weighted by molar-refractivity contribution is 9.11. The van der Waals surface area contributed by atoms with E-state index in [1.807, 2.05) is 0 Å². The van der Waals surface area contributed by atoms with Gasteiger partial charge >= 0.3 is 5.97 Å². The lowest BCUT2D eigenvalue weighted by atomic mass is 10.1. The highest BCUT2D eigenvalue weighted by Gasteiger charge is 2.29. The van der Waals surface area contributed by atoms with E-state index < -0.39 is 11.9 Å². The van der Waals surface area contributed by atoms with Gasteiger partial charge in [-0.25, -0.2) is 4.79 Å². The first-order chi connectivity index (χ1) is 9.92. The van der Waals surface area contributed by atoms with Gasteiger partial charge in [-0.15, -0.1) is 0 Å². The molecule has 0 radical (unpaired) electrons. The lowest BCUT2D eigenvalue weighted by Crippen LogP contribution is -2.26. The van der Waals surface area contributed by atoms with Crippen LogP contribution in [0.5, 0.6) is 0 Å². The average Bonchev–Trinajstić information content (AvgIpc) is 2.87. The normalized spacial score (nSPS) is 17.3. The van der Waals surface area contributed by atoms with E-state index in [1.165, 1.54) is 7.11 Å². The zero-order valence-corrected chi connectivity index (χ0v) is 14.2. The third kappa shape index (κ3) is 3.62. The predicted octanol–water partition coefficient (Wildman–Crippen LogP) is 2.07. The molecule has 6 nitrogen and oxygen atoms in total. The fourth-order valence-corrected chi connectivity index (χ4v) is 3.31. The molecule has 1 saturated heterocycles. The summed E-state index contributed by atoms with van der Waals surface area (Å²) in [7, 11) is 1.27. The minimum absolute atomic E-state index is 0.146. The number of halogens is 2. The summed E-state index contributed by atoms with van der Waals surface area (Å²) in [6, 6.07) is 3.27. The Balaban J connectivity index is 2.28. The number of hydrogen-bond donors (Lipinski definition) is 2. The Hall–Kier alpha value is -1.41. The molecule has 21 heavy (non-hydrogen) atoms. The second-order valence-electron chi connectivity index (χ2n) is 4.50. The maximum Gasteiger partial charge on any atom is 0.340 e. The van der Waals surface area contributed by atoms with Crippen LogP contribution in [0.4, 0.5) is 5.69 Å². The van der Waals surface area contributed by atoms with Crippen molar-refractivity contribution in [2.24, 2.45) is 5.92 Å². The van der Waals surface area contributed by atoms with Crippen molar-refractivity contribution in [1.29, 1.82) is 0 Å². The third-order valence-corrected chi connectivity index (χ3v) is 4.14. The monoisotopic (exact) mass is 418 g/mol. The molecule has 2 N–H and O–H groups in total. The number of methoxy groups -OCH3 is 1. The molecule has 8 heteroatoms. The number of hydrogen-bond acceptors (Lipinski definition) is 4. The summed E-state index contributed by atoms with van der Waals surface area (Å²) in [5, 5.41) is 5.28. The molecule has 0 spiro atoms. The Kier molecular flexibility index (Phi) is 5.00. The van der Waals surface area contributed by atoms with Crippen molar-refractivity contribution in [3.8, 4) is 0 Å². The van der Waals surface area contributed by atoms with Crippen LogP contribution in [0.3, 0.4) is 0 Å². The van der Waals surface area contributed by atoms with E-state index >= 15 is 0 Å². The Bertz CT molecular complexity index is 618. The summed E-state index contributed by atoms with van der Waals surface area (Å²) in [5.41, 5.74) is 0.554. The highest BCUT2D eigenvalue weighted by atomic mass is 79.9. The van der Waals surface area contributed by atoms with Gasteiger partial charge in [0.05, 0.1) is 24.3 Å². The number of nitrogens with one attached hydrogen (secondary N) is 2. The van der Waals surface area contributed by atoms with Crippen molar-refractivity contribution in [2.45, 2.75) is 6.42 Å². The highest BCUT2D eigenvalue weighted by Crippen LogP contribution is 2.32. The first kappa shape index (κ1) is 16.0. The van der Waals surface area contributed by atoms with Crippen molar-refractivity contribution < 1.29 is 19.1 Å². The fraction of sp³-hybridized carbons (Fsp3) is 0.308. The van der Waals surface area contributed by atoms with Gasteiger partial charge in [0.2, 0.25) is 11.8 Å². The molecule has 1 fully saturated rings. The van der Waals surface area contributed by atoms with Gasteiger partial charge in [0.25, 0.3) is 0 Å². The molecule has 1 aliphatic rings. The molecule has 0 aliphatic carbocycles. The first-order valence-electron chi connectivity index (χ1n) is 6.07. The van der Waals surface area contributed by atoms with Crippen molar-refractivity contribution in [3.63, 3.8) is 0 Å². The third-order valence-electron chi connectivity index (χ3n) is 3.06. The van der Waals surface area contributed by atoms with Gasteiger partial charge in [-0.2, -0.15) is 0 Å². The molecule has 1 aromatic rings. The molecule has 112 valence electrons. The summed E-state index contributed by atoms with van der Waals surface area (Å²) >= 11 is 6.59. The Labute approximate surface area is 137 Å². The van der Waals surface area contributed by atoms with E-state index in [4.69, 9.17) is 4.74 Å². The number of rotatable bonds is 3. The standard InChI is InChI=1S/C13H12Br2N2O4/c1-21-13(20)8-3-7(14)4-9(15)11(8)17-12(19)6-2-10(18)16-5-6/h3-4,6H,2,5H2,1H3,(H,16,18)(H,17,19). The molecule has 0 aromatic heterocycles. The number of carbonyl (C=O) groups excluding carboxylic acids is 3. The molecule has 1 unspecified atom stereocenters. The predicted molar refractivity (Wildman–Crippen MR) is 82.9 cm³/mol. The van der Waals surface area contributed by atoms with E-state index in [2.05, 4.69) is 42.5 Å². The number of carbonyl (C=O) groups is 3. The summed E-state index contributed by atoms with van der Waals surface area (Å²) in [4.78, 5) is 35.1. The molecule has 0 bridgehead atoms. The smallest absolute Gasteiger partial charge is 0.340 e. The second-order valence-corrected chi connectivity index (χ2v) is 6.27. The maximum absolute atomic E-state index is 12.2. The fourth-order valence-electron chi connectivity index (χ4n) is 1.99. The Morgan fingerprint density at radius 2 is 2.10 bits per heavy atom. The van der Waals surface area contributed by atoms with E-state index in [0.29, 0.717) is 21.2 Å². The van der Waals surface area contributed by atoms with Gasteiger partial charge < -0.3 is 15.4 Å². The molecule has 1 heterocycles. The van der Waals surface area contributed by atoms with Crippen molar-refractivity contribution >= 4 is 55.3 Å². The minimum atomic E-state index is -0.562. The van der Waals surface area contributed by atoms with E-state index in [-0.39, 0.29) is 23.8 Å². The molecule has 1 aliphatic heterocycles. The molecule has 1 aromatic carbocycles. The molecular weight excluding hydrogens is 408 g/mol. The van der Waals surface area contributed by atoms with Gasteiger partial charge in [0.1, 0.15) is 0 Å². The number of anilines is 1. The second kappa shape index (κ2) is 6.57. The largest absolute Gasteiger partial charge is 0.465 e. The molecule has 0 saturated carbocycles. The molecule has 2 amide bonds. The van der Waals surface area contributed by atoms with Crippen LogP contribution < -0.4 is 10.6 Å². The van der Waals surface area contributed by atoms with Crippen LogP contribution >= 0.6 is 31.9 Å². The lowest BCUT2D eigenvalue weighted by molar-refractivity contribution is -0.123. The Morgan fingerprint density at radius 3 is 2.67 bits per heavy atom. The summed E-state index contributed by atoms with van der Waals surface area (Å²) < 4.78 is 5.93. The molecular formula is C13H12Br2N2O4. The van der Waals surface area contributed by atoms with Crippen LogP contribution in [0.25, 0.3) is 0 Å². The van der Waals surface area contributed by atoms with Crippen LogP contribution in [0.15, 0.2) is 21.1 Å². The van der Waals surface area contributed by atoms with Crippen LogP contribution in [-0.2, 0) is 14.3 Å². The number of esters is 1. The van der Waals surface area contributed by atoms with E-state index in [1.54, 1.807) is 12.1 Å². The van der Waals surface area contributed by atoms with Crippen LogP contribution in [-0.4, -0.2) is 31.4 Å². The van der Waals surface area contributed by atoms with Gasteiger partial charge in [-0.3, -0.25) is 9.59 Å². The maximum atomic E-state index is 12.2. The van der Waals surface area contributed by atoms with Crippen LogP contribution in [0, 0.1) is 5.92 Å². The van der Waals surface area contributed by atoms with Gasteiger partial charge in [-0.05, 0) is 28.1 Å².